The van der Waals surface area contributed by atoms with Gasteiger partial charge in [0, 0.05) is 38.2 Å². The van der Waals surface area contributed by atoms with Gasteiger partial charge in [-0.1, -0.05) is 18.2 Å². The van der Waals surface area contributed by atoms with E-state index in [0.717, 1.165) is 36.5 Å². The Balaban J connectivity index is 1.44. The molecule has 0 aliphatic carbocycles. The van der Waals surface area contributed by atoms with Gasteiger partial charge < -0.3 is 5.73 Å². The number of pyridine rings is 1. The summed E-state index contributed by atoms with van der Waals surface area (Å²) in [7, 11) is 0. The fourth-order valence-electron chi connectivity index (χ4n) is 3.39. The lowest BCUT2D eigenvalue weighted by Gasteiger charge is -2.25. The molecule has 0 spiro atoms. The van der Waals surface area contributed by atoms with E-state index in [-0.39, 0.29) is 5.82 Å². The molecule has 1 saturated heterocycles. The van der Waals surface area contributed by atoms with Gasteiger partial charge in [0.25, 0.3) is 0 Å². The molecule has 1 unspecified atom stereocenters. The Kier molecular flexibility index (Phi) is 4.07. The molecule has 1 fully saturated rings. The Morgan fingerprint density at radius 1 is 1.20 bits per heavy atom. The normalized spacial score (nSPS) is 20.9. The fourth-order valence-corrected chi connectivity index (χ4v) is 3.39. The first-order valence-electron chi connectivity index (χ1n) is 8.35. The van der Waals surface area contributed by atoms with Crippen LogP contribution in [0.3, 0.4) is 0 Å². The van der Waals surface area contributed by atoms with Gasteiger partial charge in [-0.2, -0.15) is 5.10 Å². The molecule has 0 radical (unpaired) electrons. The number of likely N-dealkylation sites (tertiary alicyclic amines) is 1. The van der Waals surface area contributed by atoms with Crippen molar-refractivity contribution in [3.05, 3.63) is 78.0 Å². The van der Waals surface area contributed by atoms with Crippen LogP contribution in [-0.2, 0) is 12.1 Å². The van der Waals surface area contributed by atoms with E-state index in [1.54, 1.807) is 23.0 Å². The number of benzene rings is 1. The van der Waals surface area contributed by atoms with Crippen molar-refractivity contribution in [3.8, 4) is 5.82 Å². The third kappa shape index (κ3) is 3.31. The van der Waals surface area contributed by atoms with Gasteiger partial charge in [-0.25, -0.2) is 14.1 Å². The van der Waals surface area contributed by atoms with Crippen LogP contribution in [0.15, 0.2) is 61.1 Å². The highest BCUT2D eigenvalue weighted by molar-refractivity contribution is 5.28. The van der Waals surface area contributed by atoms with Gasteiger partial charge >= 0.3 is 0 Å². The third-order valence-electron chi connectivity index (χ3n) is 4.73. The van der Waals surface area contributed by atoms with Crippen LogP contribution in [-0.4, -0.2) is 32.8 Å². The topological polar surface area (TPSA) is 60.0 Å². The van der Waals surface area contributed by atoms with Gasteiger partial charge in [0.2, 0.25) is 0 Å². The van der Waals surface area contributed by atoms with Gasteiger partial charge in [0.15, 0.2) is 5.82 Å². The molecule has 1 atom stereocenters. The lowest BCUT2D eigenvalue weighted by atomic mass is 9.90. The second-order valence-corrected chi connectivity index (χ2v) is 6.60. The van der Waals surface area contributed by atoms with Crippen molar-refractivity contribution < 1.29 is 4.39 Å². The van der Waals surface area contributed by atoms with E-state index in [0.29, 0.717) is 6.54 Å². The molecule has 0 bridgehead atoms. The smallest absolute Gasteiger partial charge is 0.153 e. The van der Waals surface area contributed by atoms with Crippen LogP contribution < -0.4 is 5.73 Å². The molecule has 1 aromatic carbocycles. The predicted octanol–water partition coefficient (Wildman–Crippen LogP) is 2.47. The molecule has 3 heterocycles. The summed E-state index contributed by atoms with van der Waals surface area (Å²) in [6.07, 6.45) is 6.28. The first kappa shape index (κ1) is 15.9. The van der Waals surface area contributed by atoms with Gasteiger partial charge in [0.05, 0.1) is 5.54 Å². The molecule has 2 N–H and O–H groups in total. The number of nitrogens with zero attached hydrogens (tertiary/aromatic N) is 4. The van der Waals surface area contributed by atoms with E-state index in [1.165, 1.54) is 6.07 Å². The van der Waals surface area contributed by atoms with Crippen molar-refractivity contribution in [2.24, 2.45) is 5.73 Å². The van der Waals surface area contributed by atoms with Gasteiger partial charge in [-0.05, 0) is 41.8 Å². The van der Waals surface area contributed by atoms with Crippen molar-refractivity contribution in [1.29, 1.82) is 0 Å². The summed E-state index contributed by atoms with van der Waals surface area (Å²) in [4.78, 5) is 6.75. The van der Waals surface area contributed by atoms with E-state index < -0.39 is 5.54 Å². The van der Waals surface area contributed by atoms with Crippen LogP contribution in [0.4, 0.5) is 4.39 Å². The quantitative estimate of drug-likeness (QED) is 0.794. The molecular formula is C19H20FN5. The summed E-state index contributed by atoms with van der Waals surface area (Å²) in [5.41, 5.74) is 8.04. The molecule has 5 nitrogen and oxygen atoms in total. The van der Waals surface area contributed by atoms with Crippen molar-refractivity contribution in [1.82, 2.24) is 19.7 Å². The molecule has 128 valence electrons. The summed E-state index contributed by atoms with van der Waals surface area (Å²) < 4.78 is 15.2. The summed E-state index contributed by atoms with van der Waals surface area (Å²) in [6, 6.07) is 12.5. The summed E-state index contributed by atoms with van der Waals surface area (Å²) in [5.74, 6) is 0.558. The summed E-state index contributed by atoms with van der Waals surface area (Å²) in [6.45, 7) is 2.37. The maximum Gasteiger partial charge on any atom is 0.153 e. The Morgan fingerprint density at radius 3 is 2.84 bits per heavy atom. The second kappa shape index (κ2) is 6.38. The van der Waals surface area contributed by atoms with Crippen LogP contribution in [0.2, 0.25) is 0 Å². The zero-order chi connectivity index (χ0) is 17.3. The van der Waals surface area contributed by atoms with Crippen LogP contribution in [0.1, 0.15) is 17.5 Å². The van der Waals surface area contributed by atoms with Gasteiger partial charge in [-0.3, -0.25) is 4.90 Å². The molecule has 1 aliphatic heterocycles. The van der Waals surface area contributed by atoms with E-state index in [1.807, 2.05) is 30.6 Å². The minimum atomic E-state index is -0.496. The fraction of sp³-hybridized carbons (Fsp3) is 0.263. The van der Waals surface area contributed by atoms with Gasteiger partial charge in [-0.15, -0.1) is 0 Å². The highest BCUT2D eigenvalue weighted by Gasteiger charge is 2.36. The third-order valence-corrected chi connectivity index (χ3v) is 4.73. The molecule has 0 amide bonds. The highest BCUT2D eigenvalue weighted by Crippen LogP contribution is 2.30. The van der Waals surface area contributed by atoms with E-state index in [2.05, 4.69) is 21.0 Å². The molecule has 2 aromatic heterocycles. The standard InChI is InChI=1S/C19H20FN5/c20-17-4-1-3-16(11-17)19(21)7-10-24(14-19)13-15-5-6-18(22-12-15)25-9-2-8-23-25/h1-6,8-9,11-12H,7,10,13-14,21H2. The maximum absolute atomic E-state index is 13.5. The Labute approximate surface area is 145 Å². The van der Waals surface area contributed by atoms with Crippen molar-refractivity contribution in [2.75, 3.05) is 13.1 Å². The lowest BCUT2D eigenvalue weighted by molar-refractivity contribution is 0.304. The highest BCUT2D eigenvalue weighted by atomic mass is 19.1. The number of rotatable bonds is 4. The molecule has 0 saturated carbocycles. The average molecular weight is 337 g/mol. The van der Waals surface area contributed by atoms with Gasteiger partial charge in [0.1, 0.15) is 5.82 Å². The molecule has 6 heteroatoms. The Hall–Kier alpha value is -2.57. The zero-order valence-corrected chi connectivity index (χ0v) is 13.8. The average Bonchev–Trinajstić information content (AvgIpc) is 3.27. The number of hydrogen-bond acceptors (Lipinski definition) is 4. The van der Waals surface area contributed by atoms with Crippen LogP contribution >= 0.6 is 0 Å². The first-order valence-corrected chi connectivity index (χ1v) is 8.35. The minimum Gasteiger partial charge on any atom is -0.320 e. The maximum atomic E-state index is 13.5. The largest absolute Gasteiger partial charge is 0.320 e. The first-order chi connectivity index (χ1) is 12.1. The van der Waals surface area contributed by atoms with E-state index >= 15 is 0 Å². The minimum absolute atomic E-state index is 0.237. The Bertz CT molecular complexity index is 847. The number of hydrogen-bond donors (Lipinski definition) is 1. The van der Waals surface area contributed by atoms with Crippen LogP contribution in [0, 0.1) is 5.82 Å². The number of aromatic nitrogens is 3. The lowest BCUT2D eigenvalue weighted by Crippen LogP contribution is -2.39. The van der Waals surface area contributed by atoms with E-state index in [4.69, 9.17) is 5.73 Å². The van der Waals surface area contributed by atoms with Crippen molar-refractivity contribution in [3.63, 3.8) is 0 Å². The summed E-state index contributed by atoms with van der Waals surface area (Å²) >= 11 is 0. The summed E-state index contributed by atoms with van der Waals surface area (Å²) in [5, 5.41) is 4.18. The van der Waals surface area contributed by atoms with Crippen molar-refractivity contribution in [2.45, 2.75) is 18.5 Å². The zero-order valence-electron chi connectivity index (χ0n) is 13.8. The monoisotopic (exact) mass is 337 g/mol. The van der Waals surface area contributed by atoms with Crippen LogP contribution in [0.5, 0.6) is 0 Å². The van der Waals surface area contributed by atoms with Crippen molar-refractivity contribution >= 4 is 0 Å². The SMILES string of the molecule is NC1(c2cccc(F)c2)CCN(Cc2ccc(-n3cccn3)nc2)C1. The van der Waals surface area contributed by atoms with E-state index in [9.17, 15) is 4.39 Å². The number of nitrogens with two attached hydrogens (primary N) is 1. The predicted molar refractivity (Wildman–Crippen MR) is 93.5 cm³/mol. The Morgan fingerprint density at radius 2 is 2.12 bits per heavy atom. The molecule has 1 aliphatic rings. The second-order valence-electron chi connectivity index (χ2n) is 6.60. The molecule has 3 aromatic rings. The molecule has 4 rings (SSSR count). The van der Waals surface area contributed by atoms with Crippen LogP contribution in [0.25, 0.3) is 5.82 Å². The number of halogens is 1. The molecular weight excluding hydrogens is 317 g/mol. The molecule has 25 heavy (non-hydrogen) atoms.